The number of carbonyl (C=O) groups excluding carboxylic acids is 4. The molecule has 20 nitrogen and oxygen atoms in total. The van der Waals surface area contributed by atoms with Crippen molar-refractivity contribution in [3.63, 3.8) is 0 Å². The average molecular weight is 1900 g/mol. The average Bonchev–Trinajstić information content (AvgIpc) is 0.753. The summed E-state index contributed by atoms with van der Waals surface area (Å²) in [6, 6.07) is 100.0. The van der Waals surface area contributed by atoms with Gasteiger partial charge < -0.3 is 60.6 Å². The maximum absolute atomic E-state index is 13.6. The molecule has 0 aromatic heterocycles. The van der Waals surface area contributed by atoms with Gasteiger partial charge in [-0.3, -0.25) is 19.6 Å². The number of anilines is 4. The second-order valence-corrected chi connectivity index (χ2v) is 39.2. The molecule has 0 unspecified atom stereocenters. The number of methoxy groups -OCH3 is 2. The highest BCUT2D eigenvalue weighted by molar-refractivity contribution is 5.92. The Bertz CT molecular complexity index is 6140. The molecule has 734 valence electrons. The highest BCUT2D eigenvalue weighted by Gasteiger charge is 2.54. The molecule has 8 aliphatic rings. The number of rotatable bonds is 18. The maximum Gasteiger partial charge on any atom is 0.321 e. The fourth-order valence-electron chi connectivity index (χ4n) is 23.0. The van der Waals surface area contributed by atoms with Crippen LogP contribution in [0.3, 0.4) is 0 Å². The molecule has 12 aromatic rings. The van der Waals surface area contributed by atoms with Crippen LogP contribution in [0.1, 0.15) is 125 Å². The van der Waals surface area contributed by atoms with Crippen molar-refractivity contribution in [1.82, 2.24) is 39.2 Å². The topological polar surface area (TPSA) is 201 Å². The first-order valence-electron chi connectivity index (χ1n) is 50.5. The first-order chi connectivity index (χ1) is 68.8. The summed E-state index contributed by atoms with van der Waals surface area (Å²) in [7, 11) is 3.52. The third-order valence-electron chi connectivity index (χ3n) is 30.4. The first kappa shape index (κ1) is 99.8. The first-order valence-corrected chi connectivity index (χ1v) is 50.5. The van der Waals surface area contributed by atoms with Gasteiger partial charge in [-0.05, 0) is 268 Å². The Morgan fingerprint density at radius 1 is 0.291 bits per heavy atom. The molecule has 8 amide bonds. The molecule has 8 saturated heterocycles. The van der Waals surface area contributed by atoms with Crippen LogP contribution in [0, 0.1) is 46.3 Å². The lowest BCUT2D eigenvalue weighted by Gasteiger charge is -2.57. The molecule has 0 radical (unpaired) electrons. The van der Waals surface area contributed by atoms with Gasteiger partial charge in [0.2, 0.25) is 0 Å². The zero-order chi connectivity index (χ0) is 98.0. The number of nitrogens with one attached hydrogen (secondary N) is 4. The number of para-hydroxylation sites is 1. The van der Waals surface area contributed by atoms with E-state index >= 15 is 0 Å². The fraction of sp³-hybridized carbons (Fsp3) is 0.361. The summed E-state index contributed by atoms with van der Waals surface area (Å²) in [5.74, 6) is 0.306. The molecule has 8 fully saturated rings. The highest BCUT2D eigenvalue weighted by atomic mass is 19.1. The predicted molar refractivity (Wildman–Crippen MR) is 562 cm³/mol. The Balaban J connectivity index is 0.000000130. The van der Waals surface area contributed by atoms with Crippen molar-refractivity contribution in [2.45, 2.75) is 158 Å². The van der Waals surface area contributed by atoms with Crippen LogP contribution >= 0.6 is 0 Å². The van der Waals surface area contributed by atoms with E-state index < -0.39 is 0 Å². The summed E-state index contributed by atoms with van der Waals surface area (Å²) in [6.07, 6.45) is 7.96. The summed E-state index contributed by atoms with van der Waals surface area (Å²) in [4.78, 5) is 70.1. The quantitative estimate of drug-likeness (QED) is 0.0475. The van der Waals surface area contributed by atoms with E-state index in [0.29, 0.717) is 69.9 Å². The normalized spacial score (nSPS) is 22.4. The zero-order valence-electron chi connectivity index (χ0n) is 82.4. The number of aliphatic hydroxyl groups is 2. The molecule has 6 N–H and O–H groups in total. The van der Waals surface area contributed by atoms with E-state index in [2.05, 4.69) is 263 Å². The van der Waals surface area contributed by atoms with Crippen LogP contribution in [0.4, 0.5) is 50.7 Å². The number of aryl methyl sites for hydroxylation is 5. The lowest BCUT2D eigenvalue weighted by Crippen LogP contribution is -2.68. The fourth-order valence-corrected chi connectivity index (χ4v) is 23.0. The van der Waals surface area contributed by atoms with Gasteiger partial charge in [-0.2, -0.15) is 0 Å². The molecular formula is C119H136F2N12O8. The molecule has 20 rings (SSSR count). The minimum absolute atomic E-state index is 0.0446. The molecule has 0 aliphatic carbocycles. The molecule has 0 saturated carbocycles. The highest BCUT2D eigenvalue weighted by Crippen LogP contribution is 2.48. The van der Waals surface area contributed by atoms with E-state index in [1.165, 1.54) is 119 Å². The van der Waals surface area contributed by atoms with Gasteiger partial charge >= 0.3 is 24.1 Å². The standard InChI is InChI=1S/2C30H34FN3O2.C30H35N3O2.C29H33N3O2/c1-21-8-3-4-11-26(21)22-12-14-23(15-13-22)29-27-19-33(16-5-6-17-34(27)28(29)20-36-2)30(35)32-25-10-7-9-24(31)18-25;1-21-7-3-4-8-26(21)22-9-11-23(12-10-22)29-27-19-33(17-5-6-18-34(27)28(29)20-36-2)30(35)32-25-15-13-24(31)14-16-25;1-21-9-15-25(16-10-21)31-30(35)32-17-5-6-18-33-27(19-32)29(28(33)20-34)24-13-11-23(12-14-24)26-8-4-3-7-22(26)2;1-21-9-5-6-12-25(21)22-13-15-23(16-14-22)28-26-19-31(17-7-8-18-32(26)27(28)20-33)29(34)30-24-10-3-2-4-11-24/h3-4,7-15,18,27-29H,5-6,16-17,19-20H2,1-2H3,(H,32,35);3-4,7-16,27-29H,5-6,17-20H2,1-2H3,(H,32,35);3-4,7-16,27-29,34H,5-6,17-20H2,1-2H3,(H,31,35);2-6,9-16,26-28,33H,7-8,17-20H2,1H3,(H,30,34)/t3*27-,28+,29+;26-,27+,28+/m0000/s1. The number of ether oxygens (including phenoxy) is 2. The van der Waals surface area contributed by atoms with E-state index in [4.69, 9.17) is 9.47 Å². The van der Waals surface area contributed by atoms with Gasteiger partial charge in [0, 0.05) is 161 Å². The number of hydrogen-bond donors (Lipinski definition) is 6. The van der Waals surface area contributed by atoms with Gasteiger partial charge in [-0.15, -0.1) is 0 Å². The number of hydrogen-bond acceptors (Lipinski definition) is 12. The zero-order valence-corrected chi connectivity index (χ0v) is 82.4. The molecule has 8 heterocycles. The van der Waals surface area contributed by atoms with Crippen molar-refractivity contribution in [1.29, 1.82) is 0 Å². The smallest absolute Gasteiger partial charge is 0.321 e. The number of fused-ring (bicyclic) bond motifs is 4. The minimum Gasteiger partial charge on any atom is -0.395 e. The Labute approximate surface area is 830 Å². The summed E-state index contributed by atoms with van der Waals surface area (Å²) in [6.45, 7) is 21.7. The van der Waals surface area contributed by atoms with Crippen LogP contribution in [0.2, 0.25) is 0 Å². The molecule has 0 bridgehead atoms. The SMILES string of the molecule is COC[C@@H]1[C@H](c2ccc(-c3ccccc3C)cc2)[C@@H]2CN(C(=O)Nc3ccc(F)cc3)CCCCN12.COC[C@@H]1[C@H](c2ccc(-c3ccccc3C)cc2)[C@@H]2CN(C(=O)Nc3cccc(F)c3)CCCCN12.Cc1ccc(NC(=O)N2CCCCN3[C@H](CO)[C@H](c4ccc(-c5ccccc5C)cc4)[C@@H]3C2)cc1.Cc1ccccc1-c1ccc([C@H]2[C@@H](CO)N3CCCCN(C(=O)Nc4ccccc4)C[C@@H]23)cc1. The number of aliphatic hydroxyl groups excluding tert-OH is 2. The number of amides is 8. The summed E-state index contributed by atoms with van der Waals surface area (Å²) < 4.78 is 38.2. The van der Waals surface area contributed by atoms with Gasteiger partial charge in [0.15, 0.2) is 0 Å². The number of nitrogens with zero attached hydrogens (tertiary/aromatic N) is 8. The molecule has 8 aliphatic heterocycles. The molecular weight excluding hydrogens is 1760 g/mol. The monoisotopic (exact) mass is 1900 g/mol. The third kappa shape index (κ3) is 23.5. The van der Waals surface area contributed by atoms with Crippen LogP contribution in [0.25, 0.3) is 44.5 Å². The van der Waals surface area contributed by atoms with E-state index in [1.807, 2.05) is 81.1 Å². The lowest BCUT2D eigenvalue weighted by atomic mass is 9.74. The van der Waals surface area contributed by atoms with Crippen molar-refractivity contribution in [3.05, 3.63) is 359 Å². The van der Waals surface area contributed by atoms with E-state index in [9.17, 15) is 38.2 Å². The summed E-state index contributed by atoms with van der Waals surface area (Å²) >= 11 is 0. The Kier molecular flexibility index (Phi) is 33.4. The number of benzene rings is 12. The molecule has 141 heavy (non-hydrogen) atoms. The molecule has 12 aromatic carbocycles. The van der Waals surface area contributed by atoms with Crippen LogP contribution in [0.5, 0.6) is 0 Å². The van der Waals surface area contributed by atoms with Crippen molar-refractivity contribution in [3.8, 4) is 44.5 Å². The summed E-state index contributed by atoms with van der Waals surface area (Å²) in [5.41, 5.74) is 23.8. The van der Waals surface area contributed by atoms with Crippen LogP contribution in [0.15, 0.2) is 297 Å². The van der Waals surface area contributed by atoms with Gasteiger partial charge in [-0.25, -0.2) is 28.0 Å². The number of carbonyl (C=O) groups is 4. The predicted octanol–water partition coefficient (Wildman–Crippen LogP) is 22.4. The van der Waals surface area contributed by atoms with Gasteiger partial charge in [0.1, 0.15) is 11.6 Å². The number of urea groups is 4. The largest absolute Gasteiger partial charge is 0.395 e. The maximum atomic E-state index is 13.6. The van der Waals surface area contributed by atoms with Gasteiger partial charge in [-0.1, -0.05) is 236 Å². The third-order valence-corrected chi connectivity index (χ3v) is 30.4. The Hall–Kier alpha value is -12.7. The van der Waals surface area contributed by atoms with Crippen LogP contribution in [-0.2, 0) is 9.47 Å². The minimum atomic E-state index is -0.359. The van der Waals surface area contributed by atoms with Crippen molar-refractivity contribution >= 4 is 46.9 Å². The molecule has 22 heteroatoms. The summed E-state index contributed by atoms with van der Waals surface area (Å²) in [5, 5.41) is 32.4. The van der Waals surface area contributed by atoms with Crippen LogP contribution in [-0.4, -0.2) is 241 Å². The van der Waals surface area contributed by atoms with Gasteiger partial charge in [0.05, 0.1) is 26.4 Å². The lowest BCUT2D eigenvalue weighted by molar-refractivity contribution is -0.0663. The van der Waals surface area contributed by atoms with E-state index in [1.54, 1.807) is 38.5 Å². The van der Waals surface area contributed by atoms with E-state index in [-0.39, 0.29) is 115 Å². The second-order valence-electron chi connectivity index (χ2n) is 39.2. The number of halogens is 2. The second kappa shape index (κ2) is 47.2. The van der Waals surface area contributed by atoms with Crippen molar-refractivity contribution in [2.24, 2.45) is 0 Å². The van der Waals surface area contributed by atoms with Crippen LogP contribution < -0.4 is 21.3 Å². The van der Waals surface area contributed by atoms with Crippen molar-refractivity contribution in [2.75, 3.05) is 140 Å². The molecule has 12 atom stereocenters. The van der Waals surface area contributed by atoms with Crippen molar-refractivity contribution < 1.29 is 47.6 Å². The molecule has 0 spiro atoms. The Morgan fingerprint density at radius 3 is 0.851 bits per heavy atom. The van der Waals surface area contributed by atoms with E-state index in [0.717, 1.165) is 102 Å². The Morgan fingerprint density at radius 2 is 0.553 bits per heavy atom. The van der Waals surface area contributed by atoms with Gasteiger partial charge in [0.25, 0.3) is 0 Å².